The summed E-state index contributed by atoms with van der Waals surface area (Å²) in [6, 6.07) is 23.2. The molecular formula is C19H14INO. The number of rotatable bonds is 4. The van der Waals surface area contributed by atoms with Crippen LogP contribution in [0.25, 0.3) is 0 Å². The molecule has 0 unspecified atom stereocenters. The highest BCUT2D eigenvalue weighted by Gasteiger charge is 2.24. The molecule has 0 bridgehead atoms. The molecule has 1 heterocycles. The SMILES string of the molecule is O=C(c1ccc(I)cc1)[C@H](c1ccccc1)c1ccccn1. The van der Waals surface area contributed by atoms with Gasteiger partial charge < -0.3 is 0 Å². The minimum Gasteiger partial charge on any atom is -0.293 e. The Balaban J connectivity index is 2.06. The summed E-state index contributed by atoms with van der Waals surface area (Å²) >= 11 is 2.24. The lowest BCUT2D eigenvalue weighted by Crippen LogP contribution is -2.15. The lowest BCUT2D eigenvalue weighted by molar-refractivity contribution is 0.0972. The van der Waals surface area contributed by atoms with Crippen molar-refractivity contribution in [2.24, 2.45) is 0 Å². The van der Waals surface area contributed by atoms with Gasteiger partial charge in [-0.3, -0.25) is 9.78 Å². The number of carbonyl (C=O) groups is 1. The van der Waals surface area contributed by atoms with Gasteiger partial charge in [-0.1, -0.05) is 48.5 Å². The fraction of sp³-hybridized carbons (Fsp3) is 0.0526. The molecule has 108 valence electrons. The zero-order valence-electron chi connectivity index (χ0n) is 11.8. The summed E-state index contributed by atoms with van der Waals surface area (Å²) in [5, 5.41) is 0. The smallest absolute Gasteiger partial charge is 0.176 e. The monoisotopic (exact) mass is 399 g/mol. The van der Waals surface area contributed by atoms with Crippen LogP contribution >= 0.6 is 22.6 Å². The van der Waals surface area contributed by atoms with Crippen LogP contribution in [0.5, 0.6) is 0 Å². The molecule has 0 saturated heterocycles. The van der Waals surface area contributed by atoms with Crippen LogP contribution in [0.15, 0.2) is 79.0 Å². The lowest BCUT2D eigenvalue weighted by atomic mass is 9.87. The Labute approximate surface area is 143 Å². The van der Waals surface area contributed by atoms with Gasteiger partial charge in [0.1, 0.15) is 0 Å². The van der Waals surface area contributed by atoms with Crippen molar-refractivity contribution in [3.8, 4) is 0 Å². The van der Waals surface area contributed by atoms with Crippen LogP contribution in [-0.4, -0.2) is 10.8 Å². The van der Waals surface area contributed by atoms with Gasteiger partial charge in [0.25, 0.3) is 0 Å². The zero-order valence-corrected chi connectivity index (χ0v) is 14.0. The molecule has 3 aromatic rings. The van der Waals surface area contributed by atoms with Gasteiger partial charge in [0.05, 0.1) is 11.6 Å². The maximum absolute atomic E-state index is 13.0. The predicted octanol–water partition coefficient (Wildman–Crippen LogP) is 4.70. The zero-order chi connectivity index (χ0) is 15.4. The van der Waals surface area contributed by atoms with Gasteiger partial charge in [0.15, 0.2) is 5.78 Å². The molecule has 0 amide bonds. The van der Waals surface area contributed by atoms with Crippen LogP contribution in [0.3, 0.4) is 0 Å². The minimum atomic E-state index is -0.373. The molecule has 2 aromatic carbocycles. The van der Waals surface area contributed by atoms with E-state index < -0.39 is 0 Å². The Morgan fingerprint density at radius 1 is 0.864 bits per heavy atom. The third-order valence-electron chi connectivity index (χ3n) is 3.51. The van der Waals surface area contributed by atoms with Crippen molar-refractivity contribution in [3.05, 3.63) is 99.4 Å². The number of halogens is 1. The second-order valence-corrected chi connectivity index (χ2v) is 6.22. The van der Waals surface area contributed by atoms with Crippen molar-refractivity contribution in [3.63, 3.8) is 0 Å². The van der Waals surface area contributed by atoms with Crippen molar-refractivity contribution in [2.45, 2.75) is 5.92 Å². The summed E-state index contributed by atoms with van der Waals surface area (Å²) in [4.78, 5) is 17.4. The summed E-state index contributed by atoms with van der Waals surface area (Å²) in [7, 11) is 0. The number of hydrogen-bond acceptors (Lipinski definition) is 2. The fourth-order valence-electron chi connectivity index (χ4n) is 2.43. The van der Waals surface area contributed by atoms with Gasteiger partial charge >= 0.3 is 0 Å². The van der Waals surface area contributed by atoms with Crippen molar-refractivity contribution in [2.75, 3.05) is 0 Å². The number of aromatic nitrogens is 1. The largest absolute Gasteiger partial charge is 0.293 e. The van der Waals surface area contributed by atoms with Crippen LogP contribution in [0, 0.1) is 3.57 Å². The molecule has 3 heteroatoms. The Morgan fingerprint density at radius 2 is 1.55 bits per heavy atom. The topological polar surface area (TPSA) is 30.0 Å². The molecule has 1 atom stereocenters. The number of nitrogens with zero attached hydrogens (tertiary/aromatic N) is 1. The fourth-order valence-corrected chi connectivity index (χ4v) is 2.79. The van der Waals surface area contributed by atoms with Crippen LogP contribution in [0.1, 0.15) is 27.5 Å². The van der Waals surface area contributed by atoms with Gasteiger partial charge in [0.2, 0.25) is 0 Å². The molecule has 0 N–H and O–H groups in total. The Kier molecular flexibility index (Phi) is 4.63. The molecule has 0 spiro atoms. The van der Waals surface area contributed by atoms with Crippen molar-refractivity contribution < 1.29 is 4.79 Å². The normalized spacial score (nSPS) is 11.9. The van der Waals surface area contributed by atoms with Crippen LogP contribution in [-0.2, 0) is 0 Å². The Hall–Kier alpha value is -2.01. The maximum Gasteiger partial charge on any atom is 0.176 e. The molecular weight excluding hydrogens is 385 g/mol. The molecule has 3 rings (SSSR count). The third-order valence-corrected chi connectivity index (χ3v) is 4.23. The molecule has 0 aliphatic carbocycles. The van der Waals surface area contributed by atoms with Gasteiger partial charge in [-0.2, -0.15) is 0 Å². The summed E-state index contributed by atoms with van der Waals surface area (Å²) in [6.45, 7) is 0. The van der Waals surface area contributed by atoms with E-state index in [1.807, 2.05) is 72.8 Å². The van der Waals surface area contributed by atoms with E-state index >= 15 is 0 Å². The number of carbonyl (C=O) groups excluding carboxylic acids is 1. The molecule has 1 aromatic heterocycles. The lowest BCUT2D eigenvalue weighted by Gasteiger charge is -2.16. The highest BCUT2D eigenvalue weighted by molar-refractivity contribution is 14.1. The van der Waals surface area contributed by atoms with Gasteiger partial charge in [-0.15, -0.1) is 0 Å². The van der Waals surface area contributed by atoms with E-state index in [2.05, 4.69) is 27.6 Å². The highest BCUT2D eigenvalue weighted by atomic mass is 127. The highest BCUT2D eigenvalue weighted by Crippen LogP contribution is 2.27. The molecule has 0 aliphatic rings. The van der Waals surface area contributed by atoms with Crippen molar-refractivity contribution >= 4 is 28.4 Å². The number of ketones is 1. The number of pyridine rings is 1. The first-order chi connectivity index (χ1) is 10.8. The van der Waals surface area contributed by atoms with Gasteiger partial charge in [-0.25, -0.2) is 0 Å². The second-order valence-electron chi connectivity index (χ2n) is 4.97. The summed E-state index contributed by atoms with van der Waals surface area (Å²) < 4.78 is 1.11. The molecule has 0 aliphatic heterocycles. The van der Waals surface area contributed by atoms with Gasteiger partial charge in [-0.05, 0) is 52.4 Å². The third kappa shape index (κ3) is 3.25. The van der Waals surface area contributed by atoms with E-state index in [9.17, 15) is 4.79 Å². The Bertz CT molecular complexity index is 715. The number of hydrogen-bond donors (Lipinski definition) is 0. The van der Waals surface area contributed by atoms with Crippen LogP contribution in [0.4, 0.5) is 0 Å². The quantitative estimate of drug-likeness (QED) is 0.470. The summed E-state index contributed by atoms with van der Waals surface area (Å²) in [5.74, 6) is -0.302. The Morgan fingerprint density at radius 3 is 2.18 bits per heavy atom. The summed E-state index contributed by atoms with van der Waals surface area (Å²) in [5.41, 5.74) is 2.45. The van der Waals surface area contributed by atoms with E-state index in [4.69, 9.17) is 0 Å². The molecule has 0 radical (unpaired) electrons. The van der Waals surface area contributed by atoms with Gasteiger partial charge in [0, 0.05) is 15.3 Å². The molecule has 22 heavy (non-hydrogen) atoms. The number of benzene rings is 2. The van der Waals surface area contributed by atoms with E-state index in [1.54, 1.807) is 6.20 Å². The first-order valence-electron chi connectivity index (χ1n) is 7.01. The first kappa shape index (κ1) is 14.9. The molecule has 2 nitrogen and oxygen atoms in total. The predicted molar refractivity (Wildman–Crippen MR) is 96.0 cm³/mol. The van der Waals surface area contributed by atoms with E-state index in [0.717, 1.165) is 14.8 Å². The number of Topliss-reactive ketones (excluding diaryl/α,β-unsaturated/α-hetero) is 1. The van der Waals surface area contributed by atoms with Crippen LogP contribution in [0.2, 0.25) is 0 Å². The van der Waals surface area contributed by atoms with Crippen LogP contribution < -0.4 is 0 Å². The van der Waals surface area contributed by atoms with Crippen molar-refractivity contribution in [1.82, 2.24) is 4.98 Å². The second kappa shape index (κ2) is 6.83. The minimum absolute atomic E-state index is 0.0706. The van der Waals surface area contributed by atoms with E-state index in [-0.39, 0.29) is 11.7 Å². The maximum atomic E-state index is 13.0. The van der Waals surface area contributed by atoms with Crippen molar-refractivity contribution in [1.29, 1.82) is 0 Å². The van der Waals surface area contributed by atoms with E-state index in [0.29, 0.717) is 5.56 Å². The summed E-state index contributed by atoms with van der Waals surface area (Å²) in [6.07, 6.45) is 1.73. The first-order valence-corrected chi connectivity index (χ1v) is 8.09. The average molecular weight is 399 g/mol. The average Bonchev–Trinajstić information content (AvgIpc) is 2.57. The molecule has 0 fully saturated rings. The standard InChI is InChI=1S/C19H14INO/c20-16-11-9-15(10-12-16)19(22)18(14-6-2-1-3-7-14)17-8-4-5-13-21-17/h1-13,18H/t18-/m1/s1. The van der Waals surface area contributed by atoms with E-state index in [1.165, 1.54) is 0 Å². The molecule has 0 saturated carbocycles.